The van der Waals surface area contributed by atoms with Gasteiger partial charge in [0.15, 0.2) is 5.82 Å². The van der Waals surface area contributed by atoms with Crippen LogP contribution in [0.25, 0.3) is 0 Å². The summed E-state index contributed by atoms with van der Waals surface area (Å²) in [6.07, 6.45) is -4.25. The number of sulfonamides is 1. The first-order valence-electron chi connectivity index (χ1n) is 11.8. The molecule has 3 rings (SSSR count). The lowest BCUT2D eigenvalue weighted by Gasteiger charge is -2.28. The predicted octanol–water partition coefficient (Wildman–Crippen LogP) is 5.16. The molecular formula is C25H30ClF4N3O3S. The zero-order valence-corrected chi connectivity index (χ0v) is 22.2. The maximum absolute atomic E-state index is 14.2. The highest BCUT2D eigenvalue weighted by Crippen LogP contribution is 2.32. The lowest BCUT2D eigenvalue weighted by molar-refractivity contribution is -0.158. The van der Waals surface area contributed by atoms with E-state index in [0.29, 0.717) is 13.0 Å². The van der Waals surface area contributed by atoms with E-state index in [1.807, 2.05) is 18.2 Å². The smallest absolute Gasteiger partial charge is 0.349 e. The average molecular weight is 564 g/mol. The van der Waals surface area contributed by atoms with Crippen LogP contribution in [0.5, 0.6) is 0 Å². The molecule has 0 unspecified atom stereocenters. The molecule has 0 radical (unpaired) electrons. The van der Waals surface area contributed by atoms with E-state index in [9.17, 15) is 30.8 Å². The van der Waals surface area contributed by atoms with E-state index in [1.165, 1.54) is 4.72 Å². The van der Waals surface area contributed by atoms with Crippen molar-refractivity contribution in [2.45, 2.75) is 81.7 Å². The van der Waals surface area contributed by atoms with Crippen LogP contribution in [-0.2, 0) is 27.8 Å². The second-order valence-corrected chi connectivity index (χ2v) is 12.2. The van der Waals surface area contributed by atoms with E-state index in [2.05, 4.69) is 31.4 Å². The van der Waals surface area contributed by atoms with Gasteiger partial charge in [-0.3, -0.25) is 4.79 Å². The number of hydrogen-bond donors (Lipinski definition) is 3. The first-order chi connectivity index (χ1) is 17.1. The third kappa shape index (κ3) is 7.89. The highest BCUT2D eigenvalue weighted by Gasteiger charge is 2.44. The van der Waals surface area contributed by atoms with Gasteiger partial charge in [0.2, 0.25) is 15.9 Å². The number of alkyl halides is 3. The van der Waals surface area contributed by atoms with E-state index in [-0.39, 0.29) is 5.54 Å². The molecule has 1 aliphatic carbocycles. The zero-order valence-electron chi connectivity index (χ0n) is 20.7. The zero-order chi connectivity index (χ0) is 27.6. The fraction of sp³-hybridized carbons (Fsp3) is 0.480. The third-order valence-corrected chi connectivity index (χ3v) is 7.75. The minimum Gasteiger partial charge on any atom is -0.349 e. The van der Waals surface area contributed by atoms with Crippen molar-refractivity contribution in [2.24, 2.45) is 0 Å². The topological polar surface area (TPSA) is 87.3 Å². The average Bonchev–Trinajstić information content (AvgIpc) is 2.77. The Hall–Kier alpha value is -2.21. The molecule has 0 bridgehead atoms. The molecule has 204 valence electrons. The SMILES string of the molecule is CC(C)(C)NCc1ccc2c(c1)CCC[C@H]2NC(=O)C[C@@H](NS(=O)(=O)c1cccc(Cl)c1F)C(F)(F)F. The number of hydrogen-bond acceptors (Lipinski definition) is 4. The van der Waals surface area contributed by atoms with Gasteiger partial charge in [-0.1, -0.05) is 35.9 Å². The molecule has 0 fully saturated rings. The highest BCUT2D eigenvalue weighted by molar-refractivity contribution is 7.89. The van der Waals surface area contributed by atoms with Crippen molar-refractivity contribution in [3.05, 3.63) is 63.9 Å². The van der Waals surface area contributed by atoms with Gasteiger partial charge in [-0.05, 0) is 68.9 Å². The molecule has 2 aromatic carbocycles. The van der Waals surface area contributed by atoms with Crippen molar-refractivity contribution >= 4 is 27.5 Å². The number of aryl methyl sites for hydroxylation is 1. The van der Waals surface area contributed by atoms with Crippen molar-refractivity contribution < 1.29 is 30.8 Å². The van der Waals surface area contributed by atoms with Crippen LogP contribution in [0, 0.1) is 5.82 Å². The van der Waals surface area contributed by atoms with Gasteiger partial charge in [-0.15, -0.1) is 0 Å². The lowest BCUT2D eigenvalue weighted by atomic mass is 9.86. The van der Waals surface area contributed by atoms with E-state index in [4.69, 9.17) is 11.6 Å². The fourth-order valence-corrected chi connectivity index (χ4v) is 5.65. The number of fused-ring (bicyclic) bond motifs is 1. The summed E-state index contributed by atoms with van der Waals surface area (Å²) in [7, 11) is -4.96. The second kappa shape index (κ2) is 11.3. The van der Waals surface area contributed by atoms with E-state index < -0.39 is 56.3 Å². The van der Waals surface area contributed by atoms with Gasteiger partial charge in [0.25, 0.3) is 0 Å². The van der Waals surface area contributed by atoms with Crippen LogP contribution in [0.1, 0.15) is 62.8 Å². The van der Waals surface area contributed by atoms with Crippen molar-refractivity contribution in [2.75, 3.05) is 0 Å². The molecule has 0 saturated carbocycles. The van der Waals surface area contributed by atoms with E-state index in [1.54, 1.807) is 0 Å². The Balaban J connectivity index is 1.73. The number of amides is 1. The summed E-state index contributed by atoms with van der Waals surface area (Å²) in [5, 5.41) is 5.45. The molecule has 1 amide bonds. The van der Waals surface area contributed by atoms with Gasteiger partial charge in [0, 0.05) is 12.1 Å². The number of carbonyl (C=O) groups excluding carboxylic acids is 1. The van der Waals surface area contributed by atoms with Gasteiger partial charge >= 0.3 is 6.18 Å². The maximum Gasteiger partial charge on any atom is 0.405 e. The predicted molar refractivity (Wildman–Crippen MR) is 133 cm³/mol. The Morgan fingerprint density at radius 2 is 1.86 bits per heavy atom. The molecule has 0 aromatic heterocycles. The molecule has 0 heterocycles. The van der Waals surface area contributed by atoms with Crippen molar-refractivity contribution in [3.8, 4) is 0 Å². The molecular weight excluding hydrogens is 534 g/mol. The minimum absolute atomic E-state index is 0.0680. The summed E-state index contributed by atoms with van der Waals surface area (Å²) in [5.41, 5.74) is 2.82. The monoisotopic (exact) mass is 563 g/mol. The molecule has 12 heteroatoms. The van der Waals surface area contributed by atoms with E-state index in [0.717, 1.165) is 47.7 Å². The number of halogens is 5. The Morgan fingerprint density at radius 3 is 2.51 bits per heavy atom. The van der Waals surface area contributed by atoms with E-state index >= 15 is 0 Å². The number of nitrogens with one attached hydrogen (secondary N) is 3. The van der Waals surface area contributed by atoms with Crippen molar-refractivity contribution in [1.29, 1.82) is 0 Å². The van der Waals surface area contributed by atoms with Crippen LogP contribution >= 0.6 is 11.6 Å². The minimum atomic E-state index is -5.10. The highest BCUT2D eigenvalue weighted by atomic mass is 35.5. The molecule has 2 aromatic rings. The van der Waals surface area contributed by atoms with Gasteiger partial charge in [0.1, 0.15) is 10.9 Å². The number of rotatable bonds is 8. The first-order valence-corrected chi connectivity index (χ1v) is 13.6. The summed E-state index contributed by atoms with van der Waals surface area (Å²) in [6.45, 7) is 6.80. The molecule has 0 saturated heterocycles. The summed E-state index contributed by atoms with van der Waals surface area (Å²) < 4.78 is 81.7. The van der Waals surface area contributed by atoms with Gasteiger partial charge < -0.3 is 10.6 Å². The number of carbonyl (C=O) groups is 1. The normalized spacial score (nSPS) is 17.2. The Kier molecular flexibility index (Phi) is 8.94. The number of benzene rings is 2. The van der Waals surface area contributed by atoms with Crippen LogP contribution in [0.3, 0.4) is 0 Å². The van der Waals surface area contributed by atoms with Crippen LogP contribution in [0.2, 0.25) is 5.02 Å². The molecule has 37 heavy (non-hydrogen) atoms. The molecule has 3 N–H and O–H groups in total. The van der Waals surface area contributed by atoms with Gasteiger partial charge in [-0.2, -0.15) is 17.9 Å². The summed E-state index contributed by atoms with van der Waals surface area (Å²) >= 11 is 5.57. The first kappa shape index (κ1) is 29.3. The molecule has 0 aliphatic heterocycles. The largest absolute Gasteiger partial charge is 0.405 e. The quantitative estimate of drug-likeness (QED) is 0.387. The van der Waals surface area contributed by atoms with Crippen LogP contribution < -0.4 is 15.4 Å². The van der Waals surface area contributed by atoms with Gasteiger partial charge in [0.05, 0.1) is 17.5 Å². The molecule has 0 spiro atoms. The van der Waals surface area contributed by atoms with Crippen molar-refractivity contribution in [1.82, 2.24) is 15.4 Å². The molecule has 6 nitrogen and oxygen atoms in total. The Morgan fingerprint density at radius 1 is 1.16 bits per heavy atom. The molecule has 1 aliphatic rings. The summed E-state index contributed by atoms with van der Waals surface area (Å²) in [5.74, 6) is -2.36. The van der Waals surface area contributed by atoms with Crippen LogP contribution in [-0.4, -0.2) is 32.1 Å². The second-order valence-electron chi connectivity index (χ2n) is 10.1. The Labute approximate surface area is 219 Å². The van der Waals surface area contributed by atoms with Crippen LogP contribution in [0.4, 0.5) is 17.6 Å². The fourth-order valence-electron chi connectivity index (χ4n) is 4.10. The summed E-state index contributed by atoms with van der Waals surface area (Å²) in [6, 6.07) is 5.50. The summed E-state index contributed by atoms with van der Waals surface area (Å²) in [4.78, 5) is 11.6. The lowest BCUT2D eigenvalue weighted by Crippen LogP contribution is -2.48. The van der Waals surface area contributed by atoms with Crippen molar-refractivity contribution in [3.63, 3.8) is 0 Å². The molecule has 2 atom stereocenters. The van der Waals surface area contributed by atoms with Gasteiger partial charge in [-0.25, -0.2) is 12.8 Å². The van der Waals surface area contributed by atoms with Crippen LogP contribution in [0.15, 0.2) is 41.3 Å². The third-order valence-electron chi connectivity index (χ3n) is 5.97. The standard InChI is InChI=1S/C25H30ClF4N3O3S/c1-24(2,3)31-14-15-10-11-17-16(12-15)6-4-8-19(17)32-22(34)13-21(25(28,29)30)33-37(35,36)20-9-5-7-18(26)23(20)27/h5,7,9-12,19,21,31,33H,4,6,8,13-14H2,1-3H3,(H,32,34)/t19-,21-/m1/s1. The Bertz CT molecular complexity index is 1250. The maximum atomic E-state index is 14.2.